The Kier molecular flexibility index (Phi) is 7.29. The normalized spacial score (nSPS) is 10.4. The highest BCUT2D eigenvalue weighted by atomic mass is 16.5. The van der Waals surface area contributed by atoms with Crippen LogP contribution in [0, 0.1) is 0 Å². The minimum absolute atomic E-state index is 0.174. The summed E-state index contributed by atoms with van der Waals surface area (Å²) >= 11 is 0. The third kappa shape index (κ3) is 5.50. The second-order valence-electron chi connectivity index (χ2n) is 5.71. The molecular formula is C20H26N2O3. The van der Waals surface area contributed by atoms with Crippen LogP contribution in [0.1, 0.15) is 42.6 Å². The van der Waals surface area contributed by atoms with Gasteiger partial charge in [0.15, 0.2) is 11.5 Å². The van der Waals surface area contributed by atoms with Gasteiger partial charge in [0, 0.05) is 23.9 Å². The molecule has 0 atom stereocenters. The van der Waals surface area contributed by atoms with Crippen molar-refractivity contribution in [1.82, 2.24) is 0 Å². The van der Waals surface area contributed by atoms with Crippen molar-refractivity contribution < 1.29 is 14.3 Å². The lowest BCUT2D eigenvalue weighted by atomic mass is 10.1. The van der Waals surface area contributed by atoms with Gasteiger partial charge in [-0.05, 0) is 42.7 Å². The van der Waals surface area contributed by atoms with Crippen LogP contribution in [0.3, 0.4) is 0 Å². The smallest absolute Gasteiger partial charge is 0.255 e. The van der Waals surface area contributed by atoms with Gasteiger partial charge in [0.05, 0.1) is 13.2 Å². The zero-order valence-electron chi connectivity index (χ0n) is 14.9. The Balaban J connectivity index is 2.12. The van der Waals surface area contributed by atoms with Crippen LogP contribution in [0.5, 0.6) is 11.5 Å². The first kappa shape index (κ1) is 18.8. The topological polar surface area (TPSA) is 73.6 Å². The Labute approximate surface area is 149 Å². The Morgan fingerprint density at radius 3 is 2.20 bits per heavy atom. The van der Waals surface area contributed by atoms with Crippen LogP contribution in [0.25, 0.3) is 0 Å². The van der Waals surface area contributed by atoms with Gasteiger partial charge in [-0.15, -0.1) is 0 Å². The van der Waals surface area contributed by atoms with E-state index in [1.165, 1.54) is 0 Å². The molecule has 0 unspecified atom stereocenters. The third-order valence-corrected chi connectivity index (χ3v) is 3.58. The molecule has 134 valence electrons. The molecule has 0 aliphatic heterocycles. The molecule has 0 bridgehead atoms. The number of rotatable bonds is 9. The molecule has 0 radical (unpaired) electrons. The molecular weight excluding hydrogens is 316 g/mol. The maximum absolute atomic E-state index is 12.4. The summed E-state index contributed by atoms with van der Waals surface area (Å²) in [7, 11) is 0. The van der Waals surface area contributed by atoms with Crippen molar-refractivity contribution >= 4 is 11.6 Å². The number of nitrogens with one attached hydrogen (secondary N) is 1. The summed E-state index contributed by atoms with van der Waals surface area (Å²) in [6.07, 6.45) is 1.82. The van der Waals surface area contributed by atoms with Crippen LogP contribution in [-0.2, 0) is 6.54 Å². The van der Waals surface area contributed by atoms with E-state index in [4.69, 9.17) is 15.2 Å². The summed E-state index contributed by atoms with van der Waals surface area (Å²) in [4.78, 5) is 12.4. The molecule has 5 heteroatoms. The van der Waals surface area contributed by atoms with Crippen LogP contribution in [0.4, 0.5) is 5.69 Å². The fourth-order valence-corrected chi connectivity index (χ4v) is 2.24. The average Bonchev–Trinajstić information content (AvgIpc) is 2.65. The largest absolute Gasteiger partial charge is 0.490 e. The fourth-order valence-electron chi connectivity index (χ4n) is 2.24. The summed E-state index contributed by atoms with van der Waals surface area (Å²) in [6.45, 7) is 5.78. The van der Waals surface area contributed by atoms with E-state index in [-0.39, 0.29) is 5.91 Å². The van der Waals surface area contributed by atoms with E-state index in [0.29, 0.717) is 42.5 Å². The predicted octanol–water partition coefficient (Wildman–Crippen LogP) is 3.98. The highest BCUT2D eigenvalue weighted by Gasteiger charge is 2.10. The minimum Gasteiger partial charge on any atom is -0.490 e. The molecule has 1 amide bonds. The number of amides is 1. The van der Waals surface area contributed by atoms with Gasteiger partial charge >= 0.3 is 0 Å². The van der Waals surface area contributed by atoms with Gasteiger partial charge in [-0.25, -0.2) is 0 Å². The van der Waals surface area contributed by atoms with Crippen LogP contribution in [-0.4, -0.2) is 19.1 Å². The van der Waals surface area contributed by atoms with Gasteiger partial charge in [-0.1, -0.05) is 26.0 Å². The van der Waals surface area contributed by atoms with Crippen molar-refractivity contribution in [3.05, 3.63) is 53.6 Å². The number of carbonyl (C=O) groups excluding carboxylic acids is 1. The molecule has 0 heterocycles. The van der Waals surface area contributed by atoms with Crippen molar-refractivity contribution in [1.29, 1.82) is 0 Å². The van der Waals surface area contributed by atoms with Crippen LogP contribution < -0.4 is 20.5 Å². The first-order valence-corrected chi connectivity index (χ1v) is 8.68. The molecule has 0 saturated carbocycles. The molecule has 3 N–H and O–H groups in total. The molecule has 25 heavy (non-hydrogen) atoms. The van der Waals surface area contributed by atoms with Gasteiger partial charge < -0.3 is 20.5 Å². The van der Waals surface area contributed by atoms with Crippen molar-refractivity contribution in [3.63, 3.8) is 0 Å². The summed E-state index contributed by atoms with van der Waals surface area (Å²) in [5, 5.41) is 2.89. The number of hydrogen-bond acceptors (Lipinski definition) is 4. The van der Waals surface area contributed by atoms with Gasteiger partial charge in [0.25, 0.3) is 5.91 Å². The monoisotopic (exact) mass is 342 g/mol. The molecule has 2 aromatic rings. The van der Waals surface area contributed by atoms with Crippen LogP contribution >= 0.6 is 0 Å². The maximum Gasteiger partial charge on any atom is 0.255 e. The molecule has 0 spiro atoms. The number of ether oxygens (including phenoxy) is 2. The van der Waals surface area contributed by atoms with Crippen molar-refractivity contribution in [3.8, 4) is 11.5 Å². The predicted molar refractivity (Wildman–Crippen MR) is 100 cm³/mol. The maximum atomic E-state index is 12.4. The van der Waals surface area contributed by atoms with Crippen molar-refractivity contribution in [2.75, 3.05) is 18.5 Å². The summed E-state index contributed by atoms with van der Waals surface area (Å²) < 4.78 is 11.5. The number of nitrogens with two attached hydrogens (primary N) is 1. The second-order valence-corrected chi connectivity index (χ2v) is 5.71. The van der Waals surface area contributed by atoms with E-state index in [9.17, 15) is 4.79 Å². The van der Waals surface area contributed by atoms with E-state index in [2.05, 4.69) is 12.2 Å². The summed E-state index contributed by atoms with van der Waals surface area (Å²) in [5.41, 5.74) is 7.82. The van der Waals surface area contributed by atoms with Crippen LogP contribution in [0.2, 0.25) is 0 Å². The molecule has 0 aliphatic carbocycles. The lowest BCUT2D eigenvalue weighted by molar-refractivity contribution is 0.102. The highest BCUT2D eigenvalue weighted by Crippen LogP contribution is 2.31. The zero-order valence-corrected chi connectivity index (χ0v) is 14.9. The second kappa shape index (κ2) is 9.69. The zero-order chi connectivity index (χ0) is 18.1. The summed E-state index contributed by atoms with van der Waals surface area (Å²) in [5.74, 6) is 1.17. The Morgan fingerprint density at radius 1 is 0.960 bits per heavy atom. The first-order chi connectivity index (χ1) is 12.2. The van der Waals surface area contributed by atoms with Gasteiger partial charge in [-0.3, -0.25) is 4.79 Å². The Hall–Kier alpha value is -2.53. The SMILES string of the molecule is CCCOc1ccc(NC(=O)c2ccc(CN)cc2)cc1OCCC. The van der Waals surface area contributed by atoms with Crippen LogP contribution in [0.15, 0.2) is 42.5 Å². The fraction of sp³-hybridized carbons (Fsp3) is 0.350. The highest BCUT2D eigenvalue weighted by molar-refractivity contribution is 6.04. The number of anilines is 1. The molecule has 0 aromatic heterocycles. The summed E-state index contributed by atoms with van der Waals surface area (Å²) in [6, 6.07) is 12.7. The average molecular weight is 342 g/mol. The minimum atomic E-state index is -0.174. The first-order valence-electron chi connectivity index (χ1n) is 8.68. The van der Waals surface area contributed by atoms with E-state index in [0.717, 1.165) is 18.4 Å². The molecule has 2 aromatic carbocycles. The van der Waals surface area contributed by atoms with Gasteiger partial charge in [0.2, 0.25) is 0 Å². The van der Waals surface area contributed by atoms with E-state index in [1.54, 1.807) is 18.2 Å². The van der Waals surface area contributed by atoms with E-state index >= 15 is 0 Å². The number of hydrogen-bond donors (Lipinski definition) is 2. The molecule has 2 rings (SSSR count). The van der Waals surface area contributed by atoms with Crippen molar-refractivity contribution in [2.24, 2.45) is 5.73 Å². The number of benzene rings is 2. The quantitative estimate of drug-likeness (QED) is 0.723. The molecule has 5 nitrogen and oxygen atoms in total. The Bertz CT molecular complexity index is 684. The molecule has 0 saturated heterocycles. The Morgan fingerprint density at radius 2 is 1.60 bits per heavy atom. The van der Waals surface area contributed by atoms with Crippen molar-refractivity contribution in [2.45, 2.75) is 33.2 Å². The van der Waals surface area contributed by atoms with Gasteiger partial charge in [-0.2, -0.15) is 0 Å². The van der Waals surface area contributed by atoms with E-state index < -0.39 is 0 Å². The lowest BCUT2D eigenvalue weighted by Gasteiger charge is -2.14. The van der Waals surface area contributed by atoms with Gasteiger partial charge in [0.1, 0.15) is 0 Å². The molecule has 0 aliphatic rings. The third-order valence-electron chi connectivity index (χ3n) is 3.58. The van der Waals surface area contributed by atoms with E-state index in [1.807, 2.05) is 31.2 Å². The number of carbonyl (C=O) groups is 1. The standard InChI is InChI=1S/C20H26N2O3/c1-3-11-24-18-10-9-17(13-19(18)25-12-4-2)22-20(23)16-7-5-15(14-21)6-8-16/h5-10,13H,3-4,11-12,14,21H2,1-2H3,(H,22,23). The molecule has 0 fully saturated rings. The lowest BCUT2D eigenvalue weighted by Crippen LogP contribution is -2.12.